The number of allylic oxidation sites excluding steroid dienone is 4. The molecule has 1 heterocycles. The van der Waals surface area contributed by atoms with E-state index in [2.05, 4.69) is 19.1 Å². The lowest BCUT2D eigenvalue weighted by Gasteiger charge is -2.62. The van der Waals surface area contributed by atoms with Gasteiger partial charge in [0, 0.05) is 54.3 Å². The van der Waals surface area contributed by atoms with E-state index in [4.69, 9.17) is 4.84 Å². The van der Waals surface area contributed by atoms with Gasteiger partial charge in [-0.15, -0.1) is 0 Å². The molecule has 5 nitrogen and oxygen atoms in total. The summed E-state index contributed by atoms with van der Waals surface area (Å²) >= 11 is 1.29. The van der Waals surface area contributed by atoms with Crippen LogP contribution in [0, 0.1) is 28.6 Å². The van der Waals surface area contributed by atoms with Gasteiger partial charge in [0.2, 0.25) is 5.12 Å². The minimum atomic E-state index is -2.15. The summed E-state index contributed by atoms with van der Waals surface area (Å²) in [4.78, 5) is 33.2. The van der Waals surface area contributed by atoms with E-state index in [1.807, 2.05) is 30.2 Å². The van der Waals surface area contributed by atoms with E-state index >= 15 is 8.78 Å². The summed E-state index contributed by atoms with van der Waals surface area (Å²) in [5, 5.41) is 13.6. The van der Waals surface area contributed by atoms with Crippen LogP contribution in [0.25, 0.3) is 0 Å². The third-order valence-electron chi connectivity index (χ3n) is 11.5. The summed E-state index contributed by atoms with van der Waals surface area (Å²) in [5.41, 5.74) is -4.22. The van der Waals surface area contributed by atoms with Crippen LogP contribution in [-0.2, 0) is 20.8 Å². The number of benzene rings is 1. The molecule has 8 atom stereocenters. The first kappa shape index (κ1) is 30.2. The number of ketones is 1. The topological polar surface area (TPSA) is 66.8 Å². The molecule has 0 spiro atoms. The average Bonchev–Trinajstić information content (AvgIpc) is 3.44. The summed E-state index contributed by atoms with van der Waals surface area (Å²) in [6, 6.07) is 10.3. The SMILES string of the molecule is CCCCSC(=O)[C@@]12ON(CCCc3ccccc3)C[C@@H]1C[C@H]1[C@@H]3CC(F)=C4CC(=O)C=C[C@]4(C)[C@@]3(F)[C@@H](O)C[C@@]12C. The highest BCUT2D eigenvalue weighted by Crippen LogP contribution is 2.73. The van der Waals surface area contributed by atoms with Gasteiger partial charge in [-0.1, -0.05) is 68.4 Å². The van der Waals surface area contributed by atoms with Crippen molar-refractivity contribution in [3.8, 4) is 0 Å². The first-order valence-electron chi connectivity index (χ1n) is 15.6. The van der Waals surface area contributed by atoms with Crippen LogP contribution in [0.15, 0.2) is 53.9 Å². The number of carbonyl (C=O) groups is 2. The van der Waals surface area contributed by atoms with Gasteiger partial charge in [0.25, 0.3) is 0 Å². The van der Waals surface area contributed by atoms with E-state index in [-0.39, 0.29) is 47.6 Å². The van der Waals surface area contributed by atoms with Crippen molar-refractivity contribution < 1.29 is 28.3 Å². The van der Waals surface area contributed by atoms with Gasteiger partial charge in [-0.3, -0.25) is 14.4 Å². The Labute approximate surface area is 252 Å². The number of fused-ring (bicyclic) bond motifs is 7. The molecule has 0 unspecified atom stereocenters. The van der Waals surface area contributed by atoms with Crippen LogP contribution in [-0.4, -0.2) is 57.3 Å². The summed E-state index contributed by atoms with van der Waals surface area (Å²) in [6.07, 6.45) is 5.28. The van der Waals surface area contributed by atoms with E-state index in [0.717, 1.165) is 25.7 Å². The second-order valence-electron chi connectivity index (χ2n) is 13.6. The molecule has 8 heteroatoms. The standard InChI is InChI=1S/C34H43F2NO4S/c1-4-5-16-42-30(40)34-23(21-37(41-34)15-9-12-22-10-7-6-8-11-22)17-25-26-19-28(35)27-18-24(38)13-14-31(27,2)33(26,36)29(39)20-32(25,34)3/h6-8,10-11,13-14,23,25-26,29,39H,4-5,9,12,15-21H2,1-3H3/t23-,25-,26-,29-,31-,32-,33-,34-/m0/s1. The lowest BCUT2D eigenvalue weighted by atomic mass is 9.45. The van der Waals surface area contributed by atoms with Crippen molar-refractivity contribution >= 4 is 22.7 Å². The molecule has 2 saturated carbocycles. The highest BCUT2D eigenvalue weighted by atomic mass is 32.2. The van der Waals surface area contributed by atoms with Gasteiger partial charge in [-0.25, -0.2) is 8.78 Å². The first-order valence-corrected chi connectivity index (χ1v) is 16.6. The second kappa shape index (κ2) is 10.9. The fourth-order valence-electron chi connectivity index (χ4n) is 9.29. The molecule has 42 heavy (non-hydrogen) atoms. The highest BCUT2D eigenvalue weighted by Gasteiger charge is 2.79. The smallest absolute Gasteiger partial charge is 0.223 e. The predicted octanol–water partition coefficient (Wildman–Crippen LogP) is 6.56. The molecule has 1 aliphatic heterocycles. The Bertz CT molecular complexity index is 1300. The van der Waals surface area contributed by atoms with Crippen molar-refractivity contribution in [3.63, 3.8) is 0 Å². The van der Waals surface area contributed by atoms with Crippen LogP contribution >= 0.6 is 11.8 Å². The van der Waals surface area contributed by atoms with Crippen molar-refractivity contribution in [3.05, 3.63) is 59.4 Å². The molecule has 1 saturated heterocycles. The Morgan fingerprint density at radius 3 is 2.69 bits per heavy atom. The van der Waals surface area contributed by atoms with Crippen molar-refractivity contribution in [1.82, 2.24) is 5.06 Å². The van der Waals surface area contributed by atoms with E-state index in [1.54, 1.807) is 6.92 Å². The number of hydrogen-bond acceptors (Lipinski definition) is 6. The average molecular weight is 600 g/mol. The Kier molecular flexibility index (Phi) is 7.85. The fourth-order valence-corrected chi connectivity index (χ4v) is 10.6. The van der Waals surface area contributed by atoms with Crippen molar-refractivity contribution in [2.75, 3.05) is 18.8 Å². The van der Waals surface area contributed by atoms with E-state index in [9.17, 15) is 14.7 Å². The van der Waals surface area contributed by atoms with Gasteiger partial charge in [0.05, 0.1) is 6.10 Å². The number of aliphatic hydroxyl groups is 1. The van der Waals surface area contributed by atoms with Gasteiger partial charge in [-0.05, 0) is 62.2 Å². The summed E-state index contributed by atoms with van der Waals surface area (Å²) in [5.74, 6) is -1.37. The minimum Gasteiger partial charge on any atom is -0.390 e. The van der Waals surface area contributed by atoms with E-state index in [0.29, 0.717) is 25.3 Å². The lowest BCUT2D eigenvalue weighted by molar-refractivity contribution is -0.260. The van der Waals surface area contributed by atoms with Crippen LogP contribution in [0.1, 0.15) is 71.3 Å². The zero-order valence-electron chi connectivity index (χ0n) is 24.9. The number of hydrogen-bond donors (Lipinski definition) is 1. The van der Waals surface area contributed by atoms with Gasteiger partial charge < -0.3 is 5.11 Å². The molecule has 1 aromatic rings. The molecular weight excluding hydrogens is 556 g/mol. The Morgan fingerprint density at radius 2 is 1.95 bits per heavy atom. The van der Waals surface area contributed by atoms with Gasteiger partial charge in [0.15, 0.2) is 17.1 Å². The maximum atomic E-state index is 17.6. The molecule has 0 radical (unpaired) electrons. The third kappa shape index (κ3) is 4.26. The molecule has 0 bridgehead atoms. The quantitative estimate of drug-likeness (QED) is 0.342. The second-order valence-corrected chi connectivity index (χ2v) is 14.7. The zero-order valence-corrected chi connectivity index (χ0v) is 25.7. The minimum absolute atomic E-state index is 0.0445. The molecule has 4 aliphatic carbocycles. The Balaban J connectivity index is 1.33. The normalized spacial score (nSPS) is 41.0. The number of aliphatic hydroxyl groups excluding tert-OH is 1. The maximum Gasteiger partial charge on any atom is 0.223 e. The molecular formula is C34H43F2NO4S. The Hall–Kier alpha value is -1.87. The first-order chi connectivity index (χ1) is 20.0. The summed E-state index contributed by atoms with van der Waals surface area (Å²) < 4.78 is 33.5. The number of hydroxylamine groups is 2. The molecule has 3 fully saturated rings. The molecule has 228 valence electrons. The lowest BCUT2D eigenvalue weighted by Crippen LogP contribution is -2.69. The number of halogens is 2. The Morgan fingerprint density at radius 1 is 1.19 bits per heavy atom. The van der Waals surface area contributed by atoms with Crippen LogP contribution < -0.4 is 0 Å². The predicted molar refractivity (Wildman–Crippen MR) is 160 cm³/mol. The molecule has 6 rings (SSSR count). The maximum absolute atomic E-state index is 17.6. The van der Waals surface area contributed by atoms with Crippen LogP contribution in [0.5, 0.6) is 0 Å². The molecule has 0 aromatic heterocycles. The number of carbonyl (C=O) groups excluding carboxylic acids is 2. The van der Waals surface area contributed by atoms with Crippen LogP contribution in [0.3, 0.4) is 0 Å². The summed E-state index contributed by atoms with van der Waals surface area (Å²) in [6.45, 7) is 6.91. The monoisotopic (exact) mass is 599 g/mol. The summed E-state index contributed by atoms with van der Waals surface area (Å²) in [7, 11) is 0. The fraction of sp³-hybridized carbons (Fsp3) is 0.647. The van der Waals surface area contributed by atoms with Gasteiger partial charge >= 0.3 is 0 Å². The number of nitrogens with zero attached hydrogens (tertiary/aromatic N) is 1. The number of alkyl halides is 1. The molecule has 5 aliphatic rings. The van der Waals surface area contributed by atoms with Crippen molar-refractivity contribution in [1.29, 1.82) is 0 Å². The van der Waals surface area contributed by atoms with Gasteiger partial charge in [-0.2, -0.15) is 5.06 Å². The molecule has 0 amide bonds. The number of unbranched alkanes of at least 4 members (excludes halogenated alkanes) is 1. The van der Waals surface area contributed by atoms with E-state index in [1.165, 1.54) is 29.5 Å². The third-order valence-corrected chi connectivity index (χ3v) is 12.5. The largest absolute Gasteiger partial charge is 0.390 e. The number of rotatable bonds is 8. The molecule has 1 aromatic carbocycles. The molecule has 1 N–H and O–H groups in total. The van der Waals surface area contributed by atoms with Crippen LogP contribution in [0.4, 0.5) is 8.78 Å². The van der Waals surface area contributed by atoms with Crippen LogP contribution in [0.2, 0.25) is 0 Å². The van der Waals surface area contributed by atoms with E-state index < -0.39 is 39.9 Å². The van der Waals surface area contributed by atoms with Crippen molar-refractivity contribution in [2.24, 2.45) is 28.6 Å². The zero-order chi connectivity index (χ0) is 29.9. The highest BCUT2D eigenvalue weighted by molar-refractivity contribution is 8.13. The number of thioether (sulfide) groups is 1. The van der Waals surface area contributed by atoms with Crippen molar-refractivity contribution in [2.45, 2.75) is 89.5 Å². The van der Waals surface area contributed by atoms with Gasteiger partial charge in [0.1, 0.15) is 5.83 Å². The number of aryl methyl sites for hydroxylation is 1.